The number of methoxy groups -OCH3 is 1. The fourth-order valence-corrected chi connectivity index (χ4v) is 4.79. The minimum absolute atomic E-state index is 0.218. The van der Waals surface area contributed by atoms with Crippen molar-refractivity contribution in [3.63, 3.8) is 0 Å². The van der Waals surface area contributed by atoms with E-state index in [2.05, 4.69) is 50.0 Å². The van der Waals surface area contributed by atoms with Gasteiger partial charge in [0.25, 0.3) is 0 Å². The molecule has 2 aliphatic rings. The second kappa shape index (κ2) is 9.04. The molecule has 1 unspecified atom stereocenters. The number of hydrogen-bond acceptors (Lipinski definition) is 4. The number of halogens is 2. The van der Waals surface area contributed by atoms with E-state index in [0.717, 1.165) is 62.4 Å². The van der Waals surface area contributed by atoms with Crippen LogP contribution in [0.1, 0.15) is 23.7 Å². The highest BCUT2D eigenvalue weighted by Crippen LogP contribution is 2.32. The topological polar surface area (TPSA) is 24.9 Å². The lowest BCUT2D eigenvalue weighted by molar-refractivity contribution is 0.0289. The molecule has 0 radical (unpaired) electrons. The van der Waals surface area contributed by atoms with Crippen LogP contribution in [0, 0.1) is 0 Å². The maximum atomic E-state index is 6.29. The SMILES string of the molecule is COc1ccc(N2CCN(CCC3OCCc4cc(Br)ccc43)CC2)cc1Cl. The Morgan fingerprint density at radius 2 is 1.96 bits per heavy atom. The summed E-state index contributed by atoms with van der Waals surface area (Å²) < 4.78 is 12.5. The van der Waals surface area contributed by atoms with Crippen LogP contribution >= 0.6 is 27.5 Å². The molecule has 150 valence electrons. The zero-order valence-corrected chi connectivity index (χ0v) is 18.5. The quantitative estimate of drug-likeness (QED) is 0.624. The molecule has 0 N–H and O–H groups in total. The summed E-state index contributed by atoms with van der Waals surface area (Å²) in [6, 6.07) is 12.6. The van der Waals surface area contributed by atoms with Crippen LogP contribution in [0.2, 0.25) is 5.02 Å². The lowest BCUT2D eigenvalue weighted by Gasteiger charge is -2.37. The third-order valence-corrected chi connectivity index (χ3v) is 6.51. The summed E-state index contributed by atoms with van der Waals surface area (Å²) in [6.45, 7) is 6.03. The number of fused-ring (bicyclic) bond motifs is 1. The van der Waals surface area contributed by atoms with Crippen LogP contribution in [0.15, 0.2) is 40.9 Å². The normalized spacial score (nSPS) is 20.1. The first-order valence-electron chi connectivity index (χ1n) is 9.85. The molecule has 4 rings (SSSR count). The molecule has 0 saturated carbocycles. The first-order valence-corrected chi connectivity index (χ1v) is 11.0. The van der Waals surface area contributed by atoms with E-state index in [9.17, 15) is 0 Å². The molecule has 2 aliphatic heterocycles. The zero-order chi connectivity index (χ0) is 19.5. The van der Waals surface area contributed by atoms with Gasteiger partial charge in [-0.15, -0.1) is 0 Å². The monoisotopic (exact) mass is 464 g/mol. The maximum Gasteiger partial charge on any atom is 0.137 e. The summed E-state index contributed by atoms with van der Waals surface area (Å²) in [6.07, 6.45) is 2.27. The van der Waals surface area contributed by atoms with Crippen LogP contribution in [-0.2, 0) is 11.2 Å². The Hall–Kier alpha value is -1.27. The van der Waals surface area contributed by atoms with Crippen LogP contribution < -0.4 is 9.64 Å². The summed E-state index contributed by atoms with van der Waals surface area (Å²) >= 11 is 9.87. The zero-order valence-electron chi connectivity index (χ0n) is 16.2. The van der Waals surface area contributed by atoms with Crippen LogP contribution in [0.5, 0.6) is 5.75 Å². The van der Waals surface area contributed by atoms with E-state index in [-0.39, 0.29) is 6.10 Å². The van der Waals surface area contributed by atoms with Crippen molar-refractivity contribution < 1.29 is 9.47 Å². The molecule has 1 fully saturated rings. The first kappa shape index (κ1) is 20.0. The second-order valence-electron chi connectivity index (χ2n) is 7.39. The van der Waals surface area contributed by atoms with Crippen LogP contribution in [0.4, 0.5) is 5.69 Å². The fraction of sp³-hybridized carbons (Fsp3) is 0.455. The van der Waals surface area contributed by atoms with Crippen molar-refractivity contribution in [1.29, 1.82) is 0 Å². The van der Waals surface area contributed by atoms with Gasteiger partial charge in [0.1, 0.15) is 5.75 Å². The van der Waals surface area contributed by atoms with Gasteiger partial charge in [-0.1, -0.05) is 33.6 Å². The molecular formula is C22H26BrClN2O2. The predicted octanol–water partition coefficient (Wildman–Crippen LogP) is 4.94. The lowest BCUT2D eigenvalue weighted by atomic mass is 9.95. The molecule has 0 amide bonds. The van der Waals surface area contributed by atoms with Gasteiger partial charge in [-0.25, -0.2) is 0 Å². The van der Waals surface area contributed by atoms with Gasteiger partial charge in [-0.2, -0.15) is 0 Å². The first-order chi connectivity index (χ1) is 13.6. The van der Waals surface area contributed by atoms with Gasteiger partial charge in [0, 0.05) is 42.9 Å². The molecule has 28 heavy (non-hydrogen) atoms. The van der Waals surface area contributed by atoms with Gasteiger partial charge in [-0.3, -0.25) is 4.90 Å². The van der Waals surface area contributed by atoms with Crippen LogP contribution in [-0.4, -0.2) is 51.3 Å². The Bertz CT molecular complexity index is 824. The van der Waals surface area contributed by atoms with Gasteiger partial charge in [0.2, 0.25) is 0 Å². The Labute approximate surface area is 180 Å². The Morgan fingerprint density at radius 3 is 2.71 bits per heavy atom. The van der Waals surface area contributed by atoms with Gasteiger partial charge in [-0.05, 0) is 54.3 Å². The second-order valence-corrected chi connectivity index (χ2v) is 8.71. The molecule has 6 heteroatoms. The van der Waals surface area contributed by atoms with Crippen molar-refractivity contribution in [2.75, 3.05) is 51.3 Å². The average Bonchev–Trinajstić information content (AvgIpc) is 2.72. The largest absolute Gasteiger partial charge is 0.495 e. The van der Waals surface area contributed by atoms with E-state index < -0.39 is 0 Å². The molecule has 2 heterocycles. The summed E-state index contributed by atoms with van der Waals surface area (Å²) in [5, 5.41) is 0.669. The molecule has 0 bridgehead atoms. The highest BCUT2D eigenvalue weighted by molar-refractivity contribution is 9.10. The van der Waals surface area contributed by atoms with E-state index in [1.807, 2.05) is 12.1 Å². The van der Waals surface area contributed by atoms with Crippen molar-refractivity contribution in [3.8, 4) is 5.75 Å². The van der Waals surface area contributed by atoms with Crippen molar-refractivity contribution in [3.05, 3.63) is 57.0 Å². The Kier molecular flexibility index (Phi) is 6.46. The summed E-state index contributed by atoms with van der Waals surface area (Å²) in [5.41, 5.74) is 3.95. The highest BCUT2D eigenvalue weighted by Gasteiger charge is 2.23. The average molecular weight is 466 g/mol. The van der Waals surface area contributed by atoms with Gasteiger partial charge in [0.15, 0.2) is 0 Å². The Balaban J connectivity index is 1.30. The number of ether oxygens (including phenoxy) is 2. The van der Waals surface area contributed by atoms with Crippen LogP contribution in [0.25, 0.3) is 0 Å². The standard InChI is InChI=1S/C22H26BrClN2O2/c1-27-22-5-3-18(15-20(22)24)26-11-9-25(10-12-26)8-6-21-19-4-2-17(23)14-16(19)7-13-28-21/h2-5,14-15,21H,6-13H2,1H3. The number of piperazine rings is 1. The summed E-state index contributed by atoms with van der Waals surface area (Å²) in [5.74, 6) is 0.726. The third-order valence-electron chi connectivity index (χ3n) is 5.72. The molecule has 4 nitrogen and oxygen atoms in total. The number of nitrogens with zero attached hydrogens (tertiary/aromatic N) is 2. The van der Waals surface area contributed by atoms with Gasteiger partial charge < -0.3 is 14.4 Å². The minimum atomic E-state index is 0.218. The van der Waals surface area contributed by atoms with E-state index in [1.54, 1.807) is 7.11 Å². The molecule has 2 aromatic carbocycles. The molecule has 0 aromatic heterocycles. The van der Waals surface area contributed by atoms with E-state index >= 15 is 0 Å². The van der Waals surface area contributed by atoms with E-state index in [4.69, 9.17) is 21.1 Å². The van der Waals surface area contributed by atoms with Gasteiger partial charge >= 0.3 is 0 Å². The molecular weight excluding hydrogens is 440 g/mol. The molecule has 1 atom stereocenters. The smallest absolute Gasteiger partial charge is 0.137 e. The van der Waals surface area contributed by atoms with Gasteiger partial charge in [0.05, 0.1) is 24.8 Å². The van der Waals surface area contributed by atoms with Crippen molar-refractivity contribution in [2.45, 2.75) is 18.9 Å². The van der Waals surface area contributed by atoms with E-state index in [1.165, 1.54) is 16.8 Å². The number of rotatable bonds is 5. The van der Waals surface area contributed by atoms with Crippen molar-refractivity contribution in [2.24, 2.45) is 0 Å². The lowest BCUT2D eigenvalue weighted by Crippen LogP contribution is -2.47. The number of benzene rings is 2. The van der Waals surface area contributed by atoms with Crippen molar-refractivity contribution in [1.82, 2.24) is 4.90 Å². The molecule has 0 aliphatic carbocycles. The summed E-state index contributed by atoms with van der Waals surface area (Å²) in [4.78, 5) is 4.93. The molecule has 1 saturated heterocycles. The highest BCUT2D eigenvalue weighted by atomic mass is 79.9. The maximum absolute atomic E-state index is 6.29. The predicted molar refractivity (Wildman–Crippen MR) is 118 cm³/mol. The number of anilines is 1. The molecule has 0 spiro atoms. The fourth-order valence-electron chi connectivity index (χ4n) is 4.13. The third kappa shape index (κ3) is 4.48. The Morgan fingerprint density at radius 1 is 1.14 bits per heavy atom. The van der Waals surface area contributed by atoms with Crippen molar-refractivity contribution >= 4 is 33.2 Å². The molecule has 2 aromatic rings. The summed E-state index contributed by atoms with van der Waals surface area (Å²) in [7, 11) is 1.65. The van der Waals surface area contributed by atoms with Crippen LogP contribution in [0.3, 0.4) is 0 Å². The number of hydrogen-bond donors (Lipinski definition) is 0. The minimum Gasteiger partial charge on any atom is -0.495 e. The van der Waals surface area contributed by atoms with E-state index in [0.29, 0.717) is 5.02 Å².